The van der Waals surface area contributed by atoms with E-state index in [2.05, 4.69) is 99.1 Å². The van der Waals surface area contributed by atoms with Gasteiger partial charge in [-0.05, 0) is 108 Å². The van der Waals surface area contributed by atoms with Crippen molar-refractivity contribution in [3.8, 4) is 18.1 Å². The van der Waals surface area contributed by atoms with Gasteiger partial charge in [0.15, 0.2) is 11.6 Å². The Morgan fingerprint density at radius 1 is 0.778 bits per heavy atom. The summed E-state index contributed by atoms with van der Waals surface area (Å²) in [6.45, 7) is 43.3. The number of piperazine rings is 1. The molecule has 3 aliphatic rings. The molecule has 360 valence electrons. The lowest BCUT2D eigenvalue weighted by Crippen LogP contribution is -2.56. The molecule has 6 rings (SSSR count). The number of rotatable bonds is 6. The first-order chi connectivity index (χ1) is 30.1. The number of aromatic hydroxyl groups is 1. The number of hydrogen-bond acceptors (Lipinski definition) is 8. The van der Waals surface area contributed by atoms with Gasteiger partial charge < -0.3 is 24.8 Å². The van der Waals surface area contributed by atoms with E-state index in [1.807, 2.05) is 54.5 Å². The van der Waals surface area contributed by atoms with Crippen molar-refractivity contribution in [2.75, 3.05) is 64.4 Å². The summed E-state index contributed by atoms with van der Waals surface area (Å²) in [7, 11) is 1.00. The lowest BCUT2D eigenvalue weighted by Gasteiger charge is -2.46. The predicted octanol–water partition coefficient (Wildman–Crippen LogP) is 11.7. The highest BCUT2D eigenvalue weighted by Crippen LogP contribution is 2.34. The lowest BCUT2D eigenvalue weighted by molar-refractivity contribution is -0.0980. The van der Waals surface area contributed by atoms with Gasteiger partial charge in [-0.15, -0.1) is 12.3 Å². The van der Waals surface area contributed by atoms with Crippen LogP contribution < -0.4 is 4.90 Å². The van der Waals surface area contributed by atoms with E-state index < -0.39 is 17.4 Å². The molecular formula is C53H91F2N5O3. The molecule has 3 fully saturated rings. The van der Waals surface area contributed by atoms with Gasteiger partial charge in [0, 0.05) is 88.1 Å². The number of pyridine rings is 1. The lowest BCUT2D eigenvalue weighted by atomic mass is 9.86. The molecule has 3 saturated heterocycles. The van der Waals surface area contributed by atoms with Crippen LogP contribution in [0.4, 0.5) is 14.5 Å². The number of likely N-dealkylation sites (tertiary alicyclic amines) is 1. The van der Waals surface area contributed by atoms with Crippen LogP contribution in [-0.2, 0) is 11.2 Å². The largest absolute Gasteiger partial charge is 0.505 e. The second-order valence-corrected chi connectivity index (χ2v) is 17.4. The number of phenols is 1. The first kappa shape index (κ1) is 61.5. The molecule has 0 spiro atoms. The third-order valence-corrected chi connectivity index (χ3v) is 11.0. The molecule has 4 heterocycles. The molecule has 0 unspecified atom stereocenters. The number of aromatic nitrogens is 1. The maximum atomic E-state index is 12.5. The van der Waals surface area contributed by atoms with Gasteiger partial charge >= 0.3 is 0 Å². The van der Waals surface area contributed by atoms with Crippen molar-refractivity contribution in [2.24, 2.45) is 11.3 Å². The summed E-state index contributed by atoms with van der Waals surface area (Å²) in [5.74, 6) is 0.887. The second-order valence-electron chi connectivity index (χ2n) is 17.4. The number of terminal acetylenes is 1. The Morgan fingerprint density at radius 2 is 1.27 bits per heavy atom. The molecule has 63 heavy (non-hydrogen) atoms. The Kier molecular flexibility index (Phi) is 33.0. The quantitative estimate of drug-likeness (QED) is 0.237. The van der Waals surface area contributed by atoms with E-state index in [1.165, 1.54) is 107 Å². The first-order valence-corrected chi connectivity index (χ1v) is 23.7. The van der Waals surface area contributed by atoms with Crippen molar-refractivity contribution in [3.63, 3.8) is 0 Å². The van der Waals surface area contributed by atoms with Crippen LogP contribution in [0.2, 0.25) is 0 Å². The smallest absolute Gasteiger partial charge is 0.200 e. The number of benzene rings is 2. The highest BCUT2D eigenvalue weighted by Gasteiger charge is 2.32. The zero-order valence-corrected chi connectivity index (χ0v) is 42.8. The zero-order valence-electron chi connectivity index (χ0n) is 42.8. The van der Waals surface area contributed by atoms with Gasteiger partial charge in [-0.2, -0.15) is 4.39 Å². The molecule has 1 aromatic heterocycles. The van der Waals surface area contributed by atoms with Crippen LogP contribution in [0.3, 0.4) is 0 Å². The highest BCUT2D eigenvalue weighted by atomic mass is 19.2. The number of anilines is 1. The molecule has 8 nitrogen and oxygen atoms in total. The first-order valence-electron chi connectivity index (χ1n) is 23.7. The topological polar surface area (TPSA) is 83.4 Å². The Balaban J connectivity index is 0. The van der Waals surface area contributed by atoms with Crippen molar-refractivity contribution < 1.29 is 23.8 Å². The van der Waals surface area contributed by atoms with E-state index in [9.17, 15) is 8.78 Å². The van der Waals surface area contributed by atoms with E-state index in [-0.39, 0.29) is 5.56 Å². The van der Waals surface area contributed by atoms with Crippen LogP contribution in [0.5, 0.6) is 5.75 Å². The average Bonchev–Trinajstić information content (AvgIpc) is 3.30. The summed E-state index contributed by atoms with van der Waals surface area (Å²) >= 11 is 0. The van der Waals surface area contributed by atoms with Crippen LogP contribution in [0, 0.1) is 49.2 Å². The van der Waals surface area contributed by atoms with Gasteiger partial charge in [-0.25, -0.2) is 4.39 Å². The van der Waals surface area contributed by atoms with E-state index in [1.54, 1.807) is 0 Å². The monoisotopic (exact) mass is 884 g/mol. The SMILES string of the molecule is C#CCc1cnc2ccc(C)cc2c1N1CCC(N2CCC(N3CCN(C(C)C)CC3)CC2)CC1.C=O.CC.CC.CC.CC(C)CC(C)(C)C.CO.Cc1ccc(O)c(F)c1F. The Bertz CT molecular complexity index is 1640. The molecule has 3 aromatic rings. The molecule has 0 saturated carbocycles. The molecule has 2 N–H and O–H groups in total. The van der Waals surface area contributed by atoms with Crippen molar-refractivity contribution in [3.05, 3.63) is 64.9 Å². The summed E-state index contributed by atoms with van der Waals surface area (Å²) in [6, 6.07) is 11.2. The standard InChI is InChI=1S/C30H43N5.C8H18.C7H6F2O.3C2H6.CH4O.CH2O/c1-5-6-25-22-31-29-8-7-24(4)21-28(29)30(25)35-15-11-26(12-16-35)33-13-9-27(10-14-33)34-19-17-32(18-20-34)23(2)3;1-7(2)6-8(3,4)5;1-4-2-3-5(10)7(9)6(4)8;5*1-2/h1,7-8,21-23,26-27H,6,9-20H2,2-4H3;7H,6H2,1-5H3;2-3,10H,1H3;3*1-2H3;2H,1H3;1H2. The number of aliphatic hydroxyl groups excluding tert-OH is 1. The van der Waals surface area contributed by atoms with Crippen LogP contribution in [-0.4, -0.2) is 114 Å². The normalized spacial score (nSPS) is 16.0. The summed E-state index contributed by atoms with van der Waals surface area (Å²) in [6.07, 6.45) is 14.9. The summed E-state index contributed by atoms with van der Waals surface area (Å²) < 4.78 is 24.8. The molecule has 0 amide bonds. The molecule has 3 aliphatic heterocycles. The third kappa shape index (κ3) is 21.3. The number of carbonyl (C=O) groups is 1. The summed E-state index contributed by atoms with van der Waals surface area (Å²) in [5.41, 5.74) is 5.59. The van der Waals surface area contributed by atoms with E-state index in [0.717, 1.165) is 49.8 Å². The number of aliphatic hydroxyl groups is 1. The Hall–Kier alpha value is -3.62. The van der Waals surface area contributed by atoms with Crippen molar-refractivity contribution >= 4 is 23.4 Å². The number of fused-ring (bicyclic) bond motifs is 1. The molecule has 0 radical (unpaired) electrons. The summed E-state index contributed by atoms with van der Waals surface area (Å²) in [4.78, 5) is 23.5. The van der Waals surface area contributed by atoms with Gasteiger partial charge in [-0.3, -0.25) is 14.8 Å². The molecule has 2 aromatic carbocycles. The predicted molar refractivity (Wildman–Crippen MR) is 268 cm³/mol. The number of hydrogen-bond donors (Lipinski definition) is 2. The molecule has 0 bridgehead atoms. The number of carbonyl (C=O) groups excluding carboxylic acids is 1. The van der Waals surface area contributed by atoms with Gasteiger partial charge in [0.25, 0.3) is 0 Å². The van der Waals surface area contributed by atoms with Crippen LogP contribution >= 0.6 is 0 Å². The fourth-order valence-electron chi connectivity index (χ4n) is 8.50. The third-order valence-electron chi connectivity index (χ3n) is 11.0. The van der Waals surface area contributed by atoms with E-state index in [4.69, 9.17) is 26.4 Å². The van der Waals surface area contributed by atoms with Crippen LogP contribution in [0.25, 0.3) is 10.9 Å². The van der Waals surface area contributed by atoms with E-state index >= 15 is 0 Å². The fraction of sp³-hybridized carbons (Fsp3) is 0.660. The Labute approximate surface area is 384 Å². The molecular weight excluding hydrogens is 793 g/mol. The maximum Gasteiger partial charge on any atom is 0.200 e. The van der Waals surface area contributed by atoms with Crippen molar-refractivity contribution in [1.82, 2.24) is 19.7 Å². The minimum atomic E-state index is -1.18. The Morgan fingerprint density at radius 3 is 1.70 bits per heavy atom. The summed E-state index contributed by atoms with van der Waals surface area (Å²) in [5, 5.41) is 16.9. The van der Waals surface area contributed by atoms with Crippen LogP contribution in [0.1, 0.15) is 139 Å². The maximum absolute atomic E-state index is 12.5. The highest BCUT2D eigenvalue weighted by molar-refractivity contribution is 5.94. The fourth-order valence-corrected chi connectivity index (χ4v) is 8.50. The van der Waals surface area contributed by atoms with Crippen molar-refractivity contribution in [1.29, 1.82) is 0 Å². The number of aryl methyl sites for hydroxylation is 2. The van der Waals surface area contributed by atoms with Crippen molar-refractivity contribution in [2.45, 2.75) is 161 Å². The number of nitrogens with zero attached hydrogens (tertiary/aromatic N) is 5. The minimum Gasteiger partial charge on any atom is -0.505 e. The number of phenolic OH excluding ortho intramolecular Hbond substituents is 1. The van der Waals surface area contributed by atoms with Gasteiger partial charge in [0.05, 0.1) is 11.2 Å². The second kappa shape index (κ2) is 33.8. The van der Waals surface area contributed by atoms with E-state index in [0.29, 0.717) is 17.9 Å². The van der Waals surface area contributed by atoms with Gasteiger partial charge in [0.2, 0.25) is 5.82 Å². The van der Waals surface area contributed by atoms with Gasteiger partial charge in [0.1, 0.15) is 6.79 Å². The van der Waals surface area contributed by atoms with Gasteiger partial charge in [-0.1, -0.05) is 93.9 Å². The van der Waals surface area contributed by atoms with Crippen LogP contribution in [0.15, 0.2) is 36.5 Å². The average molecular weight is 884 g/mol. The number of halogens is 2. The minimum absolute atomic E-state index is 0.190. The molecule has 10 heteroatoms. The molecule has 0 aliphatic carbocycles. The molecule has 0 atom stereocenters. The zero-order chi connectivity index (χ0) is 48.9. The number of piperidine rings is 2.